The van der Waals surface area contributed by atoms with Crippen molar-refractivity contribution in [3.63, 3.8) is 0 Å². The van der Waals surface area contributed by atoms with Gasteiger partial charge in [0.15, 0.2) is 18.1 Å². The fourth-order valence-corrected chi connectivity index (χ4v) is 3.76. The fraction of sp³-hybridized carbons (Fsp3) is 0.611. The van der Waals surface area contributed by atoms with Crippen molar-refractivity contribution in [1.29, 1.82) is 0 Å². The van der Waals surface area contributed by atoms with Crippen LogP contribution in [0.5, 0.6) is 11.5 Å². The quantitative estimate of drug-likeness (QED) is 0.599. The lowest BCUT2D eigenvalue weighted by molar-refractivity contribution is -0.384. The summed E-state index contributed by atoms with van der Waals surface area (Å²) in [5.41, 5.74) is -0.558. The summed E-state index contributed by atoms with van der Waals surface area (Å²) in [5.74, 6) is 0.448. The van der Waals surface area contributed by atoms with Gasteiger partial charge in [-0.3, -0.25) is 14.9 Å². The molecule has 2 rings (SSSR count). The monoisotopic (exact) mass is 350 g/mol. The van der Waals surface area contributed by atoms with E-state index in [9.17, 15) is 14.9 Å². The normalized spacial score (nSPS) is 18.5. The van der Waals surface area contributed by atoms with E-state index in [2.05, 4.69) is 27.7 Å². The van der Waals surface area contributed by atoms with Crippen LogP contribution < -0.4 is 9.47 Å². The lowest BCUT2D eigenvalue weighted by Crippen LogP contribution is -2.61. The van der Waals surface area contributed by atoms with Gasteiger partial charge in [0.2, 0.25) is 0 Å². The first-order valence-corrected chi connectivity index (χ1v) is 8.37. The third-order valence-electron chi connectivity index (χ3n) is 4.75. The van der Waals surface area contributed by atoms with Crippen molar-refractivity contribution >= 4 is 11.6 Å². The molecule has 0 saturated carbocycles. The van der Waals surface area contributed by atoms with Crippen molar-refractivity contribution in [2.24, 2.45) is 0 Å². The van der Waals surface area contributed by atoms with E-state index in [0.29, 0.717) is 5.75 Å². The molecule has 138 valence electrons. The predicted molar refractivity (Wildman–Crippen MR) is 94.0 cm³/mol. The number of carbonyl (C=O) groups excluding carboxylic acids is 1. The Hall–Kier alpha value is -2.31. The SMILES string of the molecule is COc1cc([N+](=O)[O-])ccc1OCC(=O)N1C(C)(C)CCCC1(C)C. The van der Waals surface area contributed by atoms with Gasteiger partial charge in [0.05, 0.1) is 18.1 Å². The van der Waals surface area contributed by atoms with Crippen LogP contribution in [0.25, 0.3) is 0 Å². The van der Waals surface area contributed by atoms with E-state index < -0.39 is 4.92 Å². The third kappa shape index (κ3) is 4.03. The zero-order valence-electron chi connectivity index (χ0n) is 15.5. The van der Waals surface area contributed by atoms with Crippen molar-refractivity contribution in [3.05, 3.63) is 28.3 Å². The fourth-order valence-electron chi connectivity index (χ4n) is 3.76. The average molecular weight is 350 g/mol. The van der Waals surface area contributed by atoms with Gasteiger partial charge < -0.3 is 14.4 Å². The second-order valence-electron chi connectivity index (χ2n) is 7.59. The van der Waals surface area contributed by atoms with Gasteiger partial charge in [-0.2, -0.15) is 0 Å². The molecule has 1 heterocycles. The largest absolute Gasteiger partial charge is 0.493 e. The van der Waals surface area contributed by atoms with Crippen molar-refractivity contribution in [2.45, 2.75) is 58.0 Å². The van der Waals surface area contributed by atoms with Crippen molar-refractivity contribution in [1.82, 2.24) is 4.90 Å². The summed E-state index contributed by atoms with van der Waals surface area (Å²) in [7, 11) is 1.41. The Morgan fingerprint density at radius 1 is 1.20 bits per heavy atom. The summed E-state index contributed by atoms with van der Waals surface area (Å²) in [5, 5.41) is 10.8. The number of hydrogen-bond acceptors (Lipinski definition) is 5. The molecule has 7 heteroatoms. The molecule has 1 fully saturated rings. The highest BCUT2D eigenvalue weighted by Gasteiger charge is 2.44. The molecular formula is C18H26N2O5. The Morgan fingerprint density at radius 3 is 2.32 bits per heavy atom. The minimum Gasteiger partial charge on any atom is -0.493 e. The molecule has 0 bridgehead atoms. The Kier molecular flexibility index (Phi) is 5.25. The number of likely N-dealkylation sites (tertiary alicyclic amines) is 1. The number of nitro benzene ring substituents is 1. The van der Waals surface area contributed by atoms with Gasteiger partial charge in [0, 0.05) is 17.1 Å². The maximum atomic E-state index is 12.8. The summed E-state index contributed by atoms with van der Waals surface area (Å²) in [6.45, 7) is 8.13. The van der Waals surface area contributed by atoms with Crippen LogP contribution in [0.4, 0.5) is 5.69 Å². The molecule has 1 saturated heterocycles. The Balaban J connectivity index is 2.15. The van der Waals surface area contributed by atoms with Crippen LogP contribution in [-0.4, -0.2) is 40.5 Å². The minimum absolute atomic E-state index is 0.0891. The van der Waals surface area contributed by atoms with Gasteiger partial charge in [0.25, 0.3) is 11.6 Å². The molecule has 1 aliphatic rings. The first kappa shape index (κ1) is 19.0. The van der Waals surface area contributed by atoms with Crippen molar-refractivity contribution in [2.75, 3.05) is 13.7 Å². The molecule has 1 aliphatic heterocycles. The molecule has 25 heavy (non-hydrogen) atoms. The smallest absolute Gasteiger partial charge is 0.273 e. The van der Waals surface area contributed by atoms with Gasteiger partial charge in [0.1, 0.15) is 0 Å². The number of methoxy groups -OCH3 is 1. The third-order valence-corrected chi connectivity index (χ3v) is 4.75. The number of amides is 1. The molecule has 1 aromatic carbocycles. The van der Waals surface area contributed by atoms with Crippen molar-refractivity contribution < 1.29 is 19.2 Å². The first-order valence-electron chi connectivity index (χ1n) is 8.37. The van der Waals surface area contributed by atoms with E-state index in [-0.39, 0.29) is 35.0 Å². The Morgan fingerprint density at radius 2 is 1.80 bits per heavy atom. The van der Waals surface area contributed by atoms with E-state index in [4.69, 9.17) is 9.47 Å². The van der Waals surface area contributed by atoms with E-state index in [1.54, 1.807) is 0 Å². The molecule has 0 spiro atoms. The van der Waals surface area contributed by atoms with E-state index in [0.717, 1.165) is 19.3 Å². The maximum absolute atomic E-state index is 12.8. The van der Waals surface area contributed by atoms with Crippen LogP contribution in [-0.2, 0) is 4.79 Å². The second kappa shape index (κ2) is 6.90. The topological polar surface area (TPSA) is 81.9 Å². The zero-order valence-corrected chi connectivity index (χ0v) is 15.5. The van der Waals surface area contributed by atoms with Crippen LogP contribution in [0.2, 0.25) is 0 Å². The summed E-state index contributed by atoms with van der Waals surface area (Å²) in [6.07, 6.45) is 2.98. The number of nitro groups is 1. The molecule has 0 aliphatic carbocycles. The van der Waals surface area contributed by atoms with Gasteiger partial charge in [-0.05, 0) is 53.0 Å². The molecule has 0 atom stereocenters. The number of hydrogen-bond donors (Lipinski definition) is 0. The molecule has 1 amide bonds. The highest BCUT2D eigenvalue weighted by Crippen LogP contribution is 2.38. The van der Waals surface area contributed by atoms with Crippen LogP contribution >= 0.6 is 0 Å². The van der Waals surface area contributed by atoms with Crippen LogP contribution in [0, 0.1) is 10.1 Å². The molecule has 0 N–H and O–H groups in total. The number of carbonyl (C=O) groups is 1. The number of benzene rings is 1. The average Bonchev–Trinajstić information content (AvgIpc) is 2.50. The number of non-ortho nitro benzene ring substituents is 1. The number of piperidine rings is 1. The van der Waals surface area contributed by atoms with Gasteiger partial charge in [-0.15, -0.1) is 0 Å². The zero-order chi connectivity index (χ0) is 18.8. The van der Waals surface area contributed by atoms with E-state index in [1.165, 1.54) is 25.3 Å². The summed E-state index contributed by atoms with van der Waals surface area (Å²) < 4.78 is 10.8. The molecule has 0 aromatic heterocycles. The number of nitrogens with zero attached hydrogens (tertiary/aromatic N) is 2. The Bertz CT molecular complexity index is 653. The Labute approximate surface area is 148 Å². The molecule has 1 aromatic rings. The number of rotatable bonds is 5. The summed E-state index contributed by atoms with van der Waals surface area (Å²) in [4.78, 5) is 25.1. The molecular weight excluding hydrogens is 324 g/mol. The van der Waals surface area contributed by atoms with E-state index in [1.807, 2.05) is 4.90 Å². The van der Waals surface area contributed by atoms with Crippen molar-refractivity contribution in [3.8, 4) is 11.5 Å². The molecule has 7 nitrogen and oxygen atoms in total. The van der Waals surface area contributed by atoms with Gasteiger partial charge in [-0.1, -0.05) is 0 Å². The lowest BCUT2D eigenvalue weighted by atomic mass is 9.80. The molecule has 0 unspecified atom stereocenters. The minimum atomic E-state index is -0.504. The van der Waals surface area contributed by atoms with E-state index >= 15 is 0 Å². The summed E-state index contributed by atoms with van der Waals surface area (Å²) in [6, 6.07) is 4.07. The highest BCUT2D eigenvalue weighted by molar-refractivity contribution is 5.79. The van der Waals surface area contributed by atoms with Gasteiger partial charge >= 0.3 is 0 Å². The second-order valence-corrected chi connectivity index (χ2v) is 7.59. The van der Waals surface area contributed by atoms with Gasteiger partial charge in [-0.25, -0.2) is 0 Å². The lowest BCUT2D eigenvalue weighted by Gasteiger charge is -2.52. The molecule has 0 radical (unpaired) electrons. The first-order chi connectivity index (χ1) is 11.6. The van der Waals surface area contributed by atoms with Crippen LogP contribution in [0.3, 0.4) is 0 Å². The maximum Gasteiger partial charge on any atom is 0.273 e. The predicted octanol–water partition coefficient (Wildman–Crippen LogP) is 3.55. The van der Waals surface area contributed by atoms with Crippen LogP contribution in [0.1, 0.15) is 47.0 Å². The summed E-state index contributed by atoms with van der Waals surface area (Å²) >= 11 is 0. The highest BCUT2D eigenvalue weighted by atomic mass is 16.6. The van der Waals surface area contributed by atoms with Crippen LogP contribution in [0.15, 0.2) is 18.2 Å². The number of ether oxygens (including phenoxy) is 2. The standard InChI is InChI=1S/C18H26N2O5/c1-17(2)9-6-10-18(3,4)19(17)16(21)12-25-14-8-7-13(20(22)23)11-15(14)24-5/h7-8,11H,6,9-10,12H2,1-5H3.